The quantitative estimate of drug-likeness (QED) is 0.605. The fourth-order valence-corrected chi connectivity index (χ4v) is 1.79. The Morgan fingerprint density at radius 3 is 3.11 bits per heavy atom. The summed E-state index contributed by atoms with van der Waals surface area (Å²) in [5.41, 5.74) is 1.93. The van der Waals surface area contributed by atoms with E-state index in [1.807, 2.05) is 12.1 Å². The standard InChI is InChI=1S/C15H20N2O2/c1-3-4-8-19-15-12(6-5-7-16-15)10-17-14(18)13-9-11(13)2/h5-7,13H,2-4,8-10H2,1H3,(H,17,18). The van der Waals surface area contributed by atoms with Gasteiger partial charge >= 0.3 is 0 Å². The summed E-state index contributed by atoms with van der Waals surface area (Å²) in [6, 6.07) is 3.78. The molecule has 1 N–H and O–H groups in total. The zero-order valence-electron chi connectivity index (χ0n) is 11.3. The van der Waals surface area contributed by atoms with Crippen molar-refractivity contribution in [1.82, 2.24) is 10.3 Å². The first kappa shape index (κ1) is 13.6. The van der Waals surface area contributed by atoms with Gasteiger partial charge in [0, 0.05) is 18.3 Å². The first-order valence-electron chi connectivity index (χ1n) is 6.74. The zero-order valence-corrected chi connectivity index (χ0v) is 11.3. The van der Waals surface area contributed by atoms with Crippen molar-refractivity contribution >= 4 is 5.91 Å². The first-order chi connectivity index (χ1) is 9.22. The zero-order chi connectivity index (χ0) is 13.7. The highest BCUT2D eigenvalue weighted by atomic mass is 16.5. The van der Waals surface area contributed by atoms with Gasteiger partial charge in [-0.1, -0.05) is 31.6 Å². The summed E-state index contributed by atoms with van der Waals surface area (Å²) < 4.78 is 5.63. The second-order valence-corrected chi connectivity index (χ2v) is 4.80. The lowest BCUT2D eigenvalue weighted by molar-refractivity contribution is -0.122. The summed E-state index contributed by atoms with van der Waals surface area (Å²) in [5.74, 6) is 0.681. The minimum atomic E-state index is 0.0149. The fraction of sp³-hybridized carbons (Fsp3) is 0.467. The Labute approximate surface area is 113 Å². The monoisotopic (exact) mass is 260 g/mol. The lowest BCUT2D eigenvalue weighted by atomic mass is 10.2. The van der Waals surface area contributed by atoms with Gasteiger partial charge in [-0.15, -0.1) is 0 Å². The van der Waals surface area contributed by atoms with Gasteiger partial charge in [0.05, 0.1) is 12.5 Å². The lowest BCUT2D eigenvalue weighted by Gasteiger charge is -2.10. The van der Waals surface area contributed by atoms with Crippen molar-refractivity contribution in [2.45, 2.75) is 32.7 Å². The minimum Gasteiger partial charge on any atom is -0.477 e. The molecule has 0 radical (unpaired) electrons. The van der Waals surface area contributed by atoms with Crippen LogP contribution in [-0.2, 0) is 11.3 Å². The summed E-state index contributed by atoms with van der Waals surface area (Å²) >= 11 is 0. The molecule has 102 valence electrons. The normalized spacial score (nSPS) is 17.1. The molecule has 1 amide bonds. The average molecular weight is 260 g/mol. The number of hydrogen-bond donors (Lipinski definition) is 1. The van der Waals surface area contributed by atoms with E-state index in [1.165, 1.54) is 0 Å². The van der Waals surface area contributed by atoms with Crippen LogP contribution in [0.15, 0.2) is 30.5 Å². The van der Waals surface area contributed by atoms with Gasteiger partial charge in [-0.3, -0.25) is 4.79 Å². The van der Waals surface area contributed by atoms with Crippen LogP contribution in [0.5, 0.6) is 5.88 Å². The first-order valence-corrected chi connectivity index (χ1v) is 6.74. The lowest BCUT2D eigenvalue weighted by Crippen LogP contribution is -2.24. The predicted octanol–water partition coefficient (Wildman–Crippen LogP) is 2.45. The smallest absolute Gasteiger partial charge is 0.227 e. The van der Waals surface area contributed by atoms with Gasteiger partial charge in [-0.2, -0.15) is 0 Å². The van der Waals surface area contributed by atoms with Crippen LogP contribution in [0, 0.1) is 5.92 Å². The molecule has 1 aliphatic carbocycles. The summed E-state index contributed by atoms with van der Waals surface area (Å²) in [4.78, 5) is 15.9. The van der Waals surface area contributed by atoms with E-state index in [4.69, 9.17) is 4.74 Å². The third-order valence-electron chi connectivity index (χ3n) is 3.16. The van der Waals surface area contributed by atoms with E-state index in [0.29, 0.717) is 19.0 Å². The number of ether oxygens (including phenoxy) is 1. The van der Waals surface area contributed by atoms with Crippen molar-refractivity contribution in [3.63, 3.8) is 0 Å². The number of aromatic nitrogens is 1. The Hall–Kier alpha value is -1.84. The van der Waals surface area contributed by atoms with Crippen molar-refractivity contribution in [3.8, 4) is 5.88 Å². The number of amides is 1. The van der Waals surface area contributed by atoms with E-state index in [1.54, 1.807) is 6.20 Å². The largest absolute Gasteiger partial charge is 0.477 e. The molecule has 0 aliphatic heterocycles. The van der Waals surface area contributed by atoms with Gasteiger partial charge in [0.2, 0.25) is 11.8 Å². The second kappa shape index (κ2) is 6.36. The van der Waals surface area contributed by atoms with Gasteiger partial charge in [0.25, 0.3) is 0 Å². The Balaban J connectivity index is 1.88. The summed E-state index contributed by atoms with van der Waals surface area (Å²) in [5, 5.41) is 2.90. The number of nitrogens with one attached hydrogen (secondary N) is 1. The maximum atomic E-state index is 11.7. The highest BCUT2D eigenvalue weighted by molar-refractivity contribution is 5.85. The summed E-state index contributed by atoms with van der Waals surface area (Å²) in [7, 11) is 0. The van der Waals surface area contributed by atoms with E-state index < -0.39 is 0 Å². The Bertz CT molecular complexity index is 471. The third kappa shape index (κ3) is 3.81. The summed E-state index contributed by atoms with van der Waals surface area (Å²) in [6.07, 6.45) is 4.61. The van der Waals surface area contributed by atoms with Crippen molar-refractivity contribution < 1.29 is 9.53 Å². The molecular weight excluding hydrogens is 240 g/mol. The molecule has 0 saturated heterocycles. The Morgan fingerprint density at radius 2 is 2.42 bits per heavy atom. The molecule has 0 aromatic carbocycles. The molecule has 19 heavy (non-hydrogen) atoms. The molecule has 1 aliphatic rings. The van der Waals surface area contributed by atoms with Crippen LogP contribution >= 0.6 is 0 Å². The number of nitrogens with zero attached hydrogens (tertiary/aromatic N) is 1. The van der Waals surface area contributed by atoms with Crippen LogP contribution in [-0.4, -0.2) is 17.5 Å². The van der Waals surface area contributed by atoms with Gasteiger partial charge in [0.1, 0.15) is 0 Å². The second-order valence-electron chi connectivity index (χ2n) is 4.80. The molecule has 1 aromatic rings. The predicted molar refractivity (Wildman–Crippen MR) is 73.7 cm³/mol. The molecule has 1 unspecified atom stereocenters. The number of hydrogen-bond acceptors (Lipinski definition) is 3. The maximum absolute atomic E-state index is 11.7. The number of carbonyl (C=O) groups is 1. The highest BCUT2D eigenvalue weighted by Crippen LogP contribution is 2.35. The number of carbonyl (C=O) groups excluding carboxylic acids is 1. The number of rotatable bonds is 7. The van der Waals surface area contributed by atoms with E-state index in [0.717, 1.165) is 30.4 Å². The van der Waals surface area contributed by atoms with Gasteiger partial charge in [-0.25, -0.2) is 4.98 Å². The molecule has 1 saturated carbocycles. The fourth-order valence-electron chi connectivity index (χ4n) is 1.79. The molecule has 1 heterocycles. The van der Waals surface area contributed by atoms with Gasteiger partial charge < -0.3 is 10.1 Å². The molecular formula is C15H20N2O2. The Kier molecular flexibility index (Phi) is 4.55. The molecule has 1 fully saturated rings. The van der Waals surface area contributed by atoms with Crippen LogP contribution in [0.25, 0.3) is 0 Å². The SMILES string of the molecule is C=C1CC1C(=O)NCc1cccnc1OCCCC. The van der Waals surface area contributed by atoms with E-state index in [9.17, 15) is 4.79 Å². The molecule has 2 rings (SSSR count). The van der Waals surface area contributed by atoms with E-state index >= 15 is 0 Å². The maximum Gasteiger partial charge on any atom is 0.227 e. The van der Waals surface area contributed by atoms with Gasteiger partial charge in [0.15, 0.2) is 0 Å². The van der Waals surface area contributed by atoms with Crippen LogP contribution in [0.2, 0.25) is 0 Å². The van der Waals surface area contributed by atoms with Crippen molar-refractivity contribution in [3.05, 3.63) is 36.0 Å². The summed E-state index contributed by atoms with van der Waals surface area (Å²) in [6.45, 7) is 7.03. The van der Waals surface area contributed by atoms with E-state index in [-0.39, 0.29) is 11.8 Å². The van der Waals surface area contributed by atoms with Crippen molar-refractivity contribution in [2.75, 3.05) is 6.61 Å². The molecule has 1 atom stereocenters. The topological polar surface area (TPSA) is 51.2 Å². The van der Waals surface area contributed by atoms with Crippen LogP contribution in [0.3, 0.4) is 0 Å². The molecule has 0 bridgehead atoms. The highest BCUT2D eigenvalue weighted by Gasteiger charge is 2.34. The third-order valence-corrected chi connectivity index (χ3v) is 3.16. The van der Waals surface area contributed by atoms with Crippen LogP contribution in [0.4, 0.5) is 0 Å². The minimum absolute atomic E-state index is 0.0149. The molecule has 4 nitrogen and oxygen atoms in total. The molecule has 4 heteroatoms. The molecule has 1 aromatic heterocycles. The Morgan fingerprint density at radius 1 is 1.63 bits per heavy atom. The molecule has 0 spiro atoms. The van der Waals surface area contributed by atoms with Crippen molar-refractivity contribution in [2.24, 2.45) is 5.92 Å². The van der Waals surface area contributed by atoms with Crippen molar-refractivity contribution in [1.29, 1.82) is 0 Å². The van der Waals surface area contributed by atoms with Crippen LogP contribution < -0.4 is 10.1 Å². The van der Waals surface area contributed by atoms with E-state index in [2.05, 4.69) is 23.8 Å². The average Bonchev–Trinajstić information content (AvgIpc) is 3.15. The van der Waals surface area contributed by atoms with Crippen LogP contribution in [0.1, 0.15) is 31.7 Å². The number of unbranched alkanes of at least 4 members (excludes halogenated alkanes) is 1. The van der Waals surface area contributed by atoms with Gasteiger partial charge in [-0.05, 0) is 18.9 Å². The number of pyridine rings is 1.